The van der Waals surface area contributed by atoms with Gasteiger partial charge in [-0.2, -0.15) is 0 Å². The van der Waals surface area contributed by atoms with Gasteiger partial charge in [0, 0.05) is 11.6 Å². The summed E-state index contributed by atoms with van der Waals surface area (Å²) in [6.45, 7) is 5.48. The quantitative estimate of drug-likeness (QED) is 0.796. The van der Waals surface area contributed by atoms with Crippen molar-refractivity contribution in [1.29, 1.82) is 0 Å². The van der Waals surface area contributed by atoms with Gasteiger partial charge in [-0.1, -0.05) is 17.7 Å². The molecule has 1 atom stereocenters. The first-order chi connectivity index (χ1) is 6.52. The lowest BCUT2D eigenvalue weighted by atomic mass is 10.0. The van der Waals surface area contributed by atoms with E-state index in [1.807, 2.05) is 0 Å². The van der Waals surface area contributed by atoms with Crippen molar-refractivity contribution in [3.63, 3.8) is 0 Å². The highest BCUT2D eigenvalue weighted by molar-refractivity contribution is 5.85. The molecule has 4 heteroatoms. The molecule has 0 heterocycles. The van der Waals surface area contributed by atoms with E-state index in [0.717, 1.165) is 11.6 Å². The van der Waals surface area contributed by atoms with Crippen molar-refractivity contribution in [2.24, 2.45) is 5.73 Å². The number of halogens is 3. The molecule has 0 spiro atoms. The van der Waals surface area contributed by atoms with Crippen molar-refractivity contribution in [3.05, 3.63) is 47.5 Å². The van der Waals surface area contributed by atoms with Crippen molar-refractivity contribution in [1.82, 2.24) is 0 Å². The fourth-order valence-corrected chi connectivity index (χ4v) is 1.29. The molecule has 1 nitrogen and oxygen atoms in total. The number of nitrogens with two attached hydrogens (primary N) is 1. The summed E-state index contributed by atoms with van der Waals surface area (Å²) in [5.74, 6) is -1.72. The largest absolute Gasteiger partial charge is 0.324 e. The number of benzene rings is 1. The van der Waals surface area contributed by atoms with Crippen LogP contribution in [-0.2, 0) is 0 Å². The fourth-order valence-electron chi connectivity index (χ4n) is 1.29. The predicted octanol–water partition coefficient (Wildman–Crippen LogP) is 3.35. The molecule has 0 radical (unpaired) electrons. The Balaban J connectivity index is 0.00000196. The summed E-state index contributed by atoms with van der Waals surface area (Å²) in [6, 6.07) is 3.49. The van der Waals surface area contributed by atoms with Gasteiger partial charge in [0.2, 0.25) is 0 Å². The first kappa shape index (κ1) is 14.1. The Labute approximate surface area is 94.4 Å². The summed E-state index contributed by atoms with van der Waals surface area (Å²) in [5.41, 5.74) is 6.75. The molecule has 0 saturated carbocycles. The molecule has 0 amide bonds. The van der Waals surface area contributed by atoms with E-state index in [1.165, 1.54) is 12.1 Å². The molecule has 84 valence electrons. The molecule has 0 unspecified atom stereocenters. The molecule has 0 aliphatic carbocycles. The third-order valence-electron chi connectivity index (χ3n) is 1.95. The maximum Gasteiger partial charge on any atom is 0.163 e. The van der Waals surface area contributed by atoms with E-state index in [0.29, 0.717) is 6.42 Å². The molecule has 0 aliphatic rings. The van der Waals surface area contributed by atoms with Gasteiger partial charge in [-0.05, 0) is 19.4 Å². The average molecular weight is 234 g/mol. The highest BCUT2D eigenvalue weighted by Gasteiger charge is 2.14. The molecule has 15 heavy (non-hydrogen) atoms. The number of hydrogen-bond acceptors (Lipinski definition) is 1. The molecular formula is C11H14ClF2N. The van der Waals surface area contributed by atoms with Gasteiger partial charge in [-0.25, -0.2) is 8.78 Å². The second kappa shape index (κ2) is 5.83. The fraction of sp³-hybridized carbons (Fsp3) is 0.273. The van der Waals surface area contributed by atoms with Crippen molar-refractivity contribution in [3.8, 4) is 0 Å². The standard InChI is InChI=1S/C11H13F2N.ClH/c1-7(2)6-10(14)8-4-3-5-9(12)11(8)13;/h3-5,10H,1,6,14H2,2H3;1H/t10-;/m0./s1. The Morgan fingerprint density at radius 3 is 2.60 bits per heavy atom. The van der Waals surface area contributed by atoms with Crippen LogP contribution >= 0.6 is 12.4 Å². The summed E-state index contributed by atoms with van der Waals surface area (Å²) in [5, 5.41) is 0. The van der Waals surface area contributed by atoms with Crippen molar-refractivity contribution in [2.45, 2.75) is 19.4 Å². The highest BCUT2D eigenvalue weighted by Crippen LogP contribution is 2.21. The molecule has 0 saturated heterocycles. The average Bonchev–Trinajstić information content (AvgIpc) is 2.08. The Bertz CT molecular complexity index is 352. The minimum absolute atomic E-state index is 0. The lowest BCUT2D eigenvalue weighted by Crippen LogP contribution is -2.13. The van der Waals surface area contributed by atoms with Crippen LogP contribution in [-0.4, -0.2) is 0 Å². The molecule has 2 N–H and O–H groups in total. The van der Waals surface area contributed by atoms with Crippen LogP contribution in [0, 0.1) is 11.6 Å². The topological polar surface area (TPSA) is 26.0 Å². The van der Waals surface area contributed by atoms with Crippen LogP contribution in [0.4, 0.5) is 8.78 Å². The van der Waals surface area contributed by atoms with Crippen LogP contribution in [0.2, 0.25) is 0 Å². The molecule has 0 aliphatic heterocycles. The van der Waals surface area contributed by atoms with E-state index in [2.05, 4.69) is 6.58 Å². The van der Waals surface area contributed by atoms with Crippen LogP contribution in [0.25, 0.3) is 0 Å². The maximum atomic E-state index is 13.2. The smallest absolute Gasteiger partial charge is 0.163 e. The van der Waals surface area contributed by atoms with Gasteiger partial charge in [0.1, 0.15) is 0 Å². The monoisotopic (exact) mass is 233 g/mol. The van der Waals surface area contributed by atoms with E-state index in [1.54, 1.807) is 6.92 Å². The zero-order valence-electron chi connectivity index (χ0n) is 8.47. The van der Waals surface area contributed by atoms with Gasteiger partial charge in [0.15, 0.2) is 11.6 Å². The van der Waals surface area contributed by atoms with Crippen molar-refractivity contribution in [2.75, 3.05) is 0 Å². The molecule has 0 bridgehead atoms. The van der Waals surface area contributed by atoms with Gasteiger partial charge in [-0.15, -0.1) is 19.0 Å². The van der Waals surface area contributed by atoms with Crippen LogP contribution in [0.5, 0.6) is 0 Å². The zero-order chi connectivity index (χ0) is 10.7. The van der Waals surface area contributed by atoms with Crippen LogP contribution in [0.15, 0.2) is 30.4 Å². The third kappa shape index (κ3) is 3.61. The molecule has 1 rings (SSSR count). The minimum atomic E-state index is -0.861. The van der Waals surface area contributed by atoms with Gasteiger partial charge >= 0.3 is 0 Å². The highest BCUT2D eigenvalue weighted by atomic mass is 35.5. The summed E-state index contributed by atoms with van der Waals surface area (Å²) in [4.78, 5) is 0. The molecular weight excluding hydrogens is 220 g/mol. The number of hydrogen-bond donors (Lipinski definition) is 1. The molecule has 1 aromatic rings. The Morgan fingerprint density at radius 1 is 1.47 bits per heavy atom. The molecule has 1 aromatic carbocycles. The Hall–Kier alpha value is -0.930. The van der Waals surface area contributed by atoms with E-state index in [-0.39, 0.29) is 18.0 Å². The Kier molecular flexibility index (Phi) is 5.47. The second-order valence-electron chi connectivity index (χ2n) is 3.41. The van der Waals surface area contributed by atoms with E-state index >= 15 is 0 Å². The first-order valence-corrected chi connectivity index (χ1v) is 4.36. The molecule has 0 fully saturated rings. The lowest BCUT2D eigenvalue weighted by Gasteiger charge is -2.12. The summed E-state index contributed by atoms with van der Waals surface area (Å²) >= 11 is 0. The van der Waals surface area contributed by atoms with E-state index < -0.39 is 17.7 Å². The maximum absolute atomic E-state index is 13.2. The normalized spacial score (nSPS) is 11.7. The van der Waals surface area contributed by atoms with E-state index in [4.69, 9.17) is 5.73 Å². The van der Waals surface area contributed by atoms with E-state index in [9.17, 15) is 8.78 Å². The second-order valence-corrected chi connectivity index (χ2v) is 3.41. The van der Waals surface area contributed by atoms with Crippen LogP contribution < -0.4 is 5.73 Å². The van der Waals surface area contributed by atoms with Gasteiger partial charge in [0.05, 0.1) is 0 Å². The van der Waals surface area contributed by atoms with Crippen molar-refractivity contribution < 1.29 is 8.78 Å². The minimum Gasteiger partial charge on any atom is -0.324 e. The lowest BCUT2D eigenvalue weighted by molar-refractivity contribution is 0.488. The predicted molar refractivity (Wildman–Crippen MR) is 60.0 cm³/mol. The van der Waals surface area contributed by atoms with Gasteiger partial charge < -0.3 is 5.73 Å². The Morgan fingerprint density at radius 2 is 2.07 bits per heavy atom. The zero-order valence-corrected chi connectivity index (χ0v) is 9.28. The third-order valence-corrected chi connectivity index (χ3v) is 1.95. The first-order valence-electron chi connectivity index (χ1n) is 4.36. The van der Waals surface area contributed by atoms with Crippen LogP contribution in [0.3, 0.4) is 0 Å². The summed E-state index contributed by atoms with van der Waals surface area (Å²) in [6.07, 6.45) is 0.459. The van der Waals surface area contributed by atoms with Gasteiger partial charge in [-0.3, -0.25) is 0 Å². The summed E-state index contributed by atoms with van der Waals surface area (Å²) < 4.78 is 26.0. The SMILES string of the molecule is C=C(C)C[C@H](N)c1cccc(F)c1F.Cl. The summed E-state index contributed by atoms with van der Waals surface area (Å²) in [7, 11) is 0. The van der Waals surface area contributed by atoms with Crippen molar-refractivity contribution >= 4 is 12.4 Å². The molecule has 0 aromatic heterocycles. The number of rotatable bonds is 3. The van der Waals surface area contributed by atoms with Crippen LogP contribution in [0.1, 0.15) is 24.9 Å². The van der Waals surface area contributed by atoms with Gasteiger partial charge in [0.25, 0.3) is 0 Å².